The summed E-state index contributed by atoms with van der Waals surface area (Å²) >= 11 is 12.9. The fourth-order valence-corrected chi connectivity index (χ4v) is 1.92. The van der Waals surface area contributed by atoms with Gasteiger partial charge >= 0.3 is 0 Å². The van der Waals surface area contributed by atoms with Crippen LogP contribution < -0.4 is 5.73 Å². The molecule has 0 saturated heterocycles. The molecular weight excluding hydrogens is 281 g/mol. The largest absolute Gasteiger partial charge is 0.506 e. The molecule has 4 nitrogen and oxygen atoms in total. The van der Waals surface area contributed by atoms with Gasteiger partial charge in [-0.1, -0.05) is 41.9 Å². The maximum atomic E-state index is 9.62. The standard InChI is InChI=1S/C10H11Cl2N3OS/c1-2-17-10(13)15-14-5-6-3-7(11)4-8(12)9(6)16/h3-5,16H,2H2,1H3,(H2,13,15). The smallest absolute Gasteiger partial charge is 0.180 e. The number of nitrogens with two attached hydrogens (primary N) is 1. The fraction of sp³-hybridized carbons (Fsp3) is 0.200. The lowest BCUT2D eigenvalue weighted by atomic mass is 10.2. The number of rotatable bonds is 3. The monoisotopic (exact) mass is 291 g/mol. The zero-order chi connectivity index (χ0) is 12.8. The SMILES string of the molecule is CCSC(N)=NN=Cc1cc(Cl)cc(Cl)c1O. The molecule has 92 valence electrons. The minimum Gasteiger partial charge on any atom is -0.506 e. The van der Waals surface area contributed by atoms with Gasteiger partial charge in [0.25, 0.3) is 0 Å². The van der Waals surface area contributed by atoms with Crippen molar-refractivity contribution in [2.45, 2.75) is 6.92 Å². The summed E-state index contributed by atoms with van der Waals surface area (Å²) in [6, 6.07) is 2.98. The van der Waals surface area contributed by atoms with Crippen LogP contribution in [0.15, 0.2) is 22.3 Å². The maximum absolute atomic E-state index is 9.62. The maximum Gasteiger partial charge on any atom is 0.180 e. The molecule has 0 aliphatic heterocycles. The number of benzene rings is 1. The van der Waals surface area contributed by atoms with Crippen LogP contribution in [0, 0.1) is 0 Å². The van der Waals surface area contributed by atoms with Gasteiger partial charge < -0.3 is 10.8 Å². The van der Waals surface area contributed by atoms with Crippen LogP contribution >= 0.6 is 35.0 Å². The van der Waals surface area contributed by atoms with Gasteiger partial charge in [-0.2, -0.15) is 5.10 Å². The van der Waals surface area contributed by atoms with E-state index in [1.807, 2.05) is 6.92 Å². The Morgan fingerprint density at radius 2 is 2.24 bits per heavy atom. The van der Waals surface area contributed by atoms with Crippen molar-refractivity contribution in [3.05, 3.63) is 27.7 Å². The van der Waals surface area contributed by atoms with Crippen LogP contribution in [0.3, 0.4) is 0 Å². The van der Waals surface area contributed by atoms with E-state index in [9.17, 15) is 5.11 Å². The van der Waals surface area contributed by atoms with Gasteiger partial charge in [-0.3, -0.25) is 0 Å². The first kappa shape index (κ1) is 14.2. The summed E-state index contributed by atoms with van der Waals surface area (Å²) in [6.45, 7) is 1.96. The molecule has 0 aliphatic rings. The van der Waals surface area contributed by atoms with Crippen molar-refractivity contribution in [1.29, 1.82) is 0 Å². The highest BCUT2D eigenvalue weighted by atomic mass is 35.5. The molecule has 0 unspecified atom stereocenters. The van der Waals surface area contributed by atoms with Crippen molar-refractivity contribution < 1.29 is 5.11 Å². The molecule has 0 atom stereocenters. The highest BCUT2D eigenvalue weighted by Crippen LogP contribution is 2.29. The van der Waals surface area contributed by atoms with Crippen molar-refractivity contribution in [1.82, 2.24) is 0 Å². The third kappa shape index (κ3) is 4.46. The predicted molar refractivity (Wildman–Crippen MR) is 75.5 cm³/mol. The first-order valence-electron chi connectivity index (χ1n) is 4.72. The zero-order valence-corrected chi connectivity index (χ0v) is 11.4. The Hall–Kier alpha value is -0.910. The predicted octanol–water partition coefficient (Wildman–Crippen LogP) is 3.10. The molecule has 7 heteroatoms. The number of nitrogens with zero attached hydrogens (tertiary/aromatic N) is 2. The first-order chi connectivity index (χ1) is 8.04. The van der Waals surface area contributed by atoms with Crippen molar-refractivity contribution in [3.63, 3.8) is 0 Å². The van der Waals surface area contributed by atoms with Gasteiger partial charge in [0.15, 0.2) is 5.17 Å². The van der Waals surface area contributed by atoms with E-state index in [-0.39, 0.29) is 10.8 Å². The van der Waals surface area contributed by atoms with Crippen LogP contribution in [0.25, 0.3) is 0 Å². The number of phenols is 1. The summed E-state index contributed by atoms with van der Waals surface area (Å²) < 4.78 is 0. The van der Waals surface area contributed by atoms with Gasteiger partial charge in [-0.15, -0.1) is 5.10 Å². The third-order valence-corrected chi connectivity index (χ3v) is 2.88. The Kier molecular flexibility index (Phi) is 5.61. The van der Waals surface area contributed by atoms with Gasteiger partial charge in [-0.25, -0.2) is 0 Å². The minimum absolute atomic E-state index is 0.0864. The number of amidine groups is 1. The van der Waals surface area contributed by atoms with Gasteiger partial charge in [0.1, 0.15) is 5.75 Å². The molecular formula is C10H11Cl2N3OS. The van der Waals surface area contributed by atoms with Gasteiger partial charge in [0, 0.05) is 10.6 Å². The Bertz CT molecular complexity index is 463. The second-order valence-corrected chi connectivity index (χ2v) is 5.07. The summed E-state index contributed by atoms with van der Waals surface area (Å²) in [5.41, 5.74) is 5.92. The lowest BCUT2D eigenvalue weighted by molar-refractivity contribution is 0.474. The van der Waals surface area contributed by atoms with Crippen molar-refractivity contribution in [2.75, 3.05) is 5.75 Å². The average molecular weight is 292 g/mol. The van der Waals surface area contributed by atoms with Crippen molar-refractivity contribution in [3.8, 4) is 5.75 Å². The Morgan fingerprint density at radius 1 is 1.53 bits per heavy atom. The van der Waals surface area contributed by atoms with E-state index in [0.29, 0.717) is 15.8 Å². The highest BCUT2D eigenvalue weighted by Gasteiger charge is 2.05. The molecule has 17 heavy (non-hydrogen) atoms. The number of aromatic hydroxyl groups is 1. The molecule has 0 aliphatic carbocycles. The molecule has 0 aromatic heterocycles. The van der Waals surface area contributed by atoms with E-state index in [0.717, 1.165) is 5.75 Å². The molecule has 0 bridgehead atoms. The number of hydrogen-bond acceptors (Lipinski definition) is 4. The molecule has 0 amide bonds. The Labute approximate surface area is 114 Å². The van der Waals surface area contributed by atoms with Crippen LogP contribution in [-0.4, -0.2) is 22.2 Å². The molecule has 1 rings (SSSR count). The lowest BCUT2D eigenvalue weighted by Crippen LogP contribution is -2.05. The van der Waals surface area contributed by atoms with Crippen LogP contribution in [0.2, 0.25) is 10.0 Å². The molecule has 0 heterocycles. The number of phenolic OH excluding ortho intramolecular Hbond substituents is 1. The summed E-state index contributed by atoms with van der Waals surface area (Å²) in [5, 5.41) is 18.0. The summed E-state index contributed by atoms with van der Waals surface area (Å²) in [7, 11) is 0. The summed E-state index contributed by atoms with van der Waals surface area (Å²) in [4.78, 5) is 0. The van der Waals surface area contributed by atoms with Gasteiger partial charge in [0.05, 0.1) is 11.2 Å². The first-order valence-corrected chi connectivity index (χ1v) is 6.46. The van der Waals surface area contributed by atoms with E-state index < -0.39 is 0 Å². The number of thioether (sulfide) groups is 1. The Balaban J connectivity index is 2.88. The molecule has 0 fully saturated rings. The van der Waals surface area contributed by atoms with E-state index in [1.165, 1.54) is 30.1 Å². The van der Waals surface area contributed by atoms with Crippen LogP contribution in [-0.2, 0) is 0 Å². The number of hydrogen-bond donors (Lipinski definition) is 2. The normalized spacial score (nSPS) is 12.3. The molecule has 0 spiro atoms. The molecule has 1 aromatic rings. The topological polar surface area (TPSA) is 71.0 Å². The molecule has 0 saturated carbocycles. The van der Waals surface area contributed by atoms with Crippen LogP contribution in [0.5, 0.6) is 5.75 Å². The van der Waals surface area contributed by atoms with Gasteiger partial charge in [0.2, 0.25) is 0 Å². The van der Waals surface area contributed by atoms with E-state index in [4.69, 9.17) is 28.9 Å². The van der Waals surface area contributed by atoms with Crippen LogP contribution in [0.4, 0.5) is 0 Å². The fourth-order valence-electron chi connectivity index (χ4n) is 1.01. The summed E-state index contributed by atoms with van der Waals surface area (Å²) in [6.07, 6.45) is 1.34. The van der Waals surface area contributed by atoms with Crippen molar-refractivity contribution >= 4 is 46.3 Å². The zero-order valence-electron chi connectivity index (χ0n) is 9.02. The molecule has 0 radical (unpaired) electrons. The molecule has 3 N–H and O–H groups in total. The highest BCUT2D eigenvalue weighted by molar-refractivity contribution is 8.13. The lowest BCUT2D eigenvalue weighted by Gasteiger charge is -2.01. The van der Waals surface area contributed by atoms with E-state index in [1.54, 1.807) is 0 Å². The number of halogens is 2. The van der Waals surface area contributed by atoms with E-state index >= 15 is 0 Å². The average Bonchev–Trinajstić information content (AvgIpc) is 2.25. The quantitative estimate of drug-likeness (QED) is 0.511. The minimum atomic E-state index is -0.0864. The molecule has 1 aromatic carbocycles. The van der Waals surface area contributed by atoms with E-state index in [2.05, 4.69) is 10.2 Å². The Morgan fingerprint density at radius 3 is 2.88 bits per heavy atom. The summed E-state index contributed by atoms with van der Waals surface area (Å²) in [5.74, 6) is 0.732. The van der Waals surface area contributed by atoms with Crippen LogP contribution in [0.1, 0.15) is 12.5 Å². The van der Waals surface area contributed by atoms with Crippen molar-refractivity contribution in [2.24, 2.45) is 15.9 Å². The second kappa shape index (κ2) is 6.74. The van der Waals surface area contributed by atoms with Gasteiger partial charge in [-0.05, 0) is 17.9 Å². The second-order valence-electron chi connectivity index (χ2n) is 2.94. The third-order valence-electron chi connectivity index (χ3n) is 1.70.